The topological polar surface area (TPSA) is 59.8 Å². The molecule has 0 saturated heterocycles. The highest BCUT2D eigenvalue weighted by atomic mass is 16.3. The normalized spacial score (nSPS) is 15.5. The molecule has 0 aliphatic heterocycles. The molecule has 0 amide bonds. The molecule has 5 heteroatoms. The van der Waals surface area contributed by atoms with Crippen LogP contribution in [0.5, 0.6) is 0 Å². The van der Waals surface area contributed by atoms with Crippen molar-refractivity contribution >= 4 is 0 Å². The van der Waals surface area contributed by atoms with Crippen LogP contribution < -0.4 is 0 Å². The Bertz CT molecular complexity index is 877. The molecule has 3 aromatic rings. The van der Waals surface area contributed by atoms with Crippen molar-refractivity contribution < 1.29 is 10.2 Å². The van der Waals surface area contributed by atoms with E-state index in [2.05, 4.69) is 9.80 Å². The van der Waals surface area contributed by atoms with Crippen molar-refractivity contribution in [3.8, 4) is 0 Å². The Morgan fingerprint density at radius 1 is 0.625 bits per heavy atom. The van der Waals surface area contributed by atoms with Crippen molar-refractivity contribution in [2.45, 2.75) is 51.2 Å². The quantitative estimate of drug-likeness (QED) is 0.502. The second kappa shape index (κ2) is 11.3. The van der Waals surface area contributed by atoms with Gasteiger partial charge in [0.15, 0.2) is 0 Å². The first-order valence-corrected chi connectivity index (χ1v) is 11.2. The molecule has 1 aromatic heterocycles. The lowest BCUT2D eigenvalue weighted by Crippen LogP contribution is -2.35. The van der Waals surface area contributed by atoms with E-state index in [1.54, 1.807) is 0 Å². The third-order valence-electron chi connectivity index (χ3n) is 6.27. The van der Waals surface area contributed by atoms with Gasteiger partial charge < -0.3 is 10.2 Å². The molecule has 0 radical (unpaired) electrons. The van der Waals surface area contributed by atoms with E-state index < -0.39 is 12.2 Å². The summed E-state index contributed by atoms with van der Waals surface area (Å²) >= 11 is 0. The number of aliphatic hydroxyl groups is 2. The van der Waals surface area contributed by atoms with E-state index in [0.717, 1.165) is 22.5 Å². The van der Waals surface area contributed by atoms with Gasteiger partial charge in [0, 0.05) is 25.2 Å². The van der Waals surface area contributed by atoms with Crippen molar-refractivity contribution in [2.75, 3.05) is 14.1 Å². The second-order valence-corrected chi connectivity index (χ2v) is 8.64. The zero-order valence-electron chi connectivity index (χ0n) is 19.5. The van der Waals surface area contributed by atoms with Gasteiger partial charge in [-0.05, 0) is 51.2 Å². The minimum atomic E-state index is -0.559. The van der Waals surface area contributed by atoms with E-state index >= 15 is 0 Å². The highest BCUT2D eigenvalue weighted by Gasteiger charge is 2.22. The average Bonchev–Trinajstić information content (AvgIpc) is 2.83. The molecule has 0 aliphatic rings. The summed E-state index contributed by atoms with van der Waals surface area (Å²) in [5, 5.41) is 21.5. The Kier molecular flexibility index (Phi) is 8.53. The van der Waals surface area contributed by atoms with Gasteiger partial charge in [-0.1, -0.05) is 66.7 Å². The van der Waals surface area contributed by atoms with Gasteiger partial charge in [0.05, 0.1) is 23.6 Å². The molecular weight excluding hydrogens is 398 g/mol. The summed E-state index contributed by atoms with van der Waals surface area (Å²) in [6, 6.07) is 25.5. The van der Waals surface area contributed by atoms with Gasteiger partial charge in [-0.25, -0.2) is 0 Å². The van der Waals surface area contributed by atoms with Gasteiger partial charge in [-0.3, -0.25) is 14.8 Å². The minimum Gasteiger partial charge on any atom is -0.387 e. The van der Waals surface area contributed by atoms with Gasteiger partial charge in [0.25, 0.3) is 0 Å². The van der Waals surface area contributed by atoms with Crippen LogP contribution in [0.15, 0.2) is 78.9 Å². The first-order chi connectivity index (χ1) is 15.4. The molecule has 3 rings (SSSR count). The highest BCUT2D eigenvalue weighted by molar-refractivity contribution is 5.20. The zero-order chi connectivity index (χ0) is 23.1. The number of benzene rings is 2. The molecule has 4 unspecified atom stereocenters. The maximum absolute atomic E-state index is 10.7. The molecule has 32 heavy (non-hydrogen) atoms. The van der Waals surface area contributed by atoms with Crippen LogP contribution in [0.2, 0.25) is 0 Å². The summed E-state index contributed by atoms with van der Waals surface area (Å²) in [7, 11) is 4.02. The van der Waals surface area contributed by atoms with E-state index in [0.29, 0.717) is 13.1 Å². The van der Waals surface area contributed by atoms with Gasteiger partial charge in [-0.2, -0.15) is 0 Å². The predicted molar refractivity (Wildman–Crippen MR) is 129 cm³/mol. The number of aliphatic hydroxyl groups excluding tert-OH is 2. The number of pyridine rings is 1. The van der Waals surface area contributed by atoms with Gasteiger partial charge in [-0.15, -0.1) is 0 Å². The fourth-order valence-electron chi connectivity index (χ4n) is 3.84. The Morgan fingerprint density at radius 2 is 1.00 bits per heavy atom. The molecule has 170 valence electrons. The van der Waals surface area contributed by atoms with Crippen molar-refractivity contribution in [1.82, 2.24) is 14.8 Å². The third-order valence-corrected chi connectivity index (χ3v) is 6.27. The molecule has 0 bridgehead atoms. The Morgan fingerprint density at radius 3 is 1.38 bits per heavy atom. The average molecular weight is 434 g/mol. The van der Waals surface area contributed by atoms with Crippen molar-refractivity contribution in [3.05, 3.63) is 101 Å². The molecular formula is C27H35N3O2. The molecule has 5 nitrogen and oxygen atoms in total. The van der Waals surface area contributed by atoms with Crippen molar-refractivity contribution in [2.24, 2.45) is 0 Å². The lowest BCUT2D eigenvalue weighted by Gasteiger charge is -2.30. The number of hydrogen-bond acceptors (Lipinski definition) is 5. The maximum Gasteiger partial charge on any atom is 0.0942 e. The molecule has 0 aliphatic carbocycles. The van der Waals surface area contributed by atoms with Crippen LogP contribution in [0.25, 0.3) is 0 Å². The third kappa shape index (κ3) is 6.24. The van der Waals surface area contributed by atoms with Crippen LogP contribution >= 0.6 is 0 Å². The van der Waals surface area contributed by atoms with Crippen molar-refractivity contribution in [1.29, 1.82) is 0 Å². The number of aromatic nitrogens is 1. The molecule has 4 atom stereocenters. The zero-order valence-corrected chi connectivity index (χ0v) is 19.5. The van der Waals surface area contributed by atoms with Crippen LogP contribution in [-0.4, -0.2) is 51.2 Å². The fraction of sp³-hybridized carbons (Fsp3) is 0.370. The van der Waals surface area contributed by atoms with E-state index in [4.69, 9.17) is 4.98 Å². The fourth-order valence-corrected chi connectivity index (χ4v) is 3.84. The minimum absolute atomic E-state index is 0.0495. The first kappa shape index (κ1) is 24.1. The first-order valence-electron chi connectivity index (χ1n) is 11.2. The monoisotopic (exact) mass is 433 g/mol. The van der Waals surface area contributed by atoms with E-state index in [9.17, 15) is 10.2 Å². The number of rotatable bonds is 10. The Hall–Kier alpha value is -2.57. The molecule has 2 aromatic carbocycles. The molecule has 0 saturated carbocycles. The van der Waals surface area contributed by atoms with Gasteiger partial charge in [0.2, 0.25) is 0 Å². The van der Waals surface area contributed by atoms with Crippen molar-refractivity contribution in [3.63, 3.8) is 0 Å². The van der Waals surface area contributed by atoms with Crippen LogP contribution in [0.4, 0.5) is 0 Å². The lowest BCUT2D eigenvalue weighted by atomic mass is 10.0. The summed E-state index contributed by atoms with van der Waals surface area (Å²) in [5.41, 5.74) is 3.76. The largest absolute Gasteiger partial charge is 0.387 e. The van der Waals surface area contributed by atoms with Crippen LogP contribution in [-0.2, 0) is 13.1 Å². The van der Waals surface area contributed by atoms with Gasteiger partial charge >= 0.3 is 0 Å². The summed E-state index contributed by atoms with van der Waals surface area (Å²) in [5.74, 6) is 0. The number of likely N-dealkylation sites (N-methyl/N-ethyl adjacent to an activating group) is 2. The second-order valence-electron chi connectivity index (χ2n) is 8.64. The number of hydrogen-bond donors (Lipinski definition) is 2. The predicted octanol–water partition coefficient (Wildman–Crippen LogP) is 4.19. The summed E-state index contributed by atoms with van der Waals surface area (Å²) in [4.78, 5) is 9.08. The van der Waals surface area contributed by atoms with Crippen LogP contribution in [0.3, 0.4) is 0 Å². The van der Waals surface area contributed by atoms with Crippen LogP contribution in [0.1, 0.15) is 48.6 Å². The summed E-state index contributed by atoms with van der Waals surface area (Å²) in [6.45, 7) is 5.35. The molecule has 1 heterocycles. The molecule has 2 N–H and O–H groups in total. The number of nitrogens with zero attached hydrogens (tertiary/aromatic N) is 3. The summed E-state index contributed by atoms with van der Waals surface area (Å²) in [6.07, 6.45) is -1.12. The van der Waals surface area contributed by atoms with E-state index in [-0.39, 0.29) is 12.1 Å². The smallest absolute Gasteiger partial charge is 0.0942 e. The van der Waals surface area contributed by atoms with E-state index in [1.807, 2.05) is 107 Å². The molecule has 0 fully saturated rings. The maximum atomic E-state index is 10.7. The van der Waals surface area contributed by atoms with E-state index in [1.165, 1.54) is 0 Å². The molecule has 0 spiro atoms. The highest BCUT2D eigenvalue weighted by Crippen LogP contribution is 2.22. The summed E-state index contributed by atoms with van der Waals surface area (Å²) < 4.78 is 0. The SMILES string of the molecule is CC(C(O)c1ccccc1)N(C)Cc1cccc(CN(C)C(C)C(O)c2ccccc2)n1. The Balaban J connectivity index is 1.61. The van der Waals surface area contributed by atoms with Gasteiger partial charge in [0.1, 0.15) is 0 Å². The Labute approximate surface area is 192 Å². The van der Waals surface area contributed by atoms with Crippen LogP contribution in [0, 0.1) is 0 Å². The standard InChI is InChI=1S/C27H35N3O2/c1-20(26(31)22-12-7-5-8-13-22)29(3)18-24-16-11-17-25(28-24)19-30(4)21(2)27(32)23-14-9-6-10-15-23/h5-17,20-21,26-27,31-32H,18-19H2,1-4H3. The lowest BCUT2D eigenvalue weighted by molar-refractivity contribution is 0.0667.